The predicted octanol–water partition coefficient (Wildman–Crippen LogP) is 4.28. The first-order valence-corrected chi connectivity index (χ1v) is 11.8. The van der Waals surface area contributed by atoms with Crippen molar-refractivity contribution in [1.82, 2.24) is 20.2 Å². The molecule has 6 heteroatoms. The van der Waals surface area contributed by atoms with E-state index in [9.17, 15) is 0 Å². The van der Waals surface area contributed by atoms with Crippen LogP contribution in [0.2, 0.25) is 0 Å². The van der Waals surface area contributed by atoms with Crippen LogP contribution in [0.3, 0.4) is 0 Å². The molecular formula is C25H39N5O. The number of aromatic nitrogens is 2. The highest BCUT2D eigenvalue weighted by molar-refractivity contribution is 5.79. The molecule has 1 saturated carbocycles. The summed E-state index contributed by atoms with van der Waals surface area (Å²) in [5.74, 6) is 1.94. The molecule has 0 bridgehead atoms. The lowest BCUT2D eigenvalue weighted by Crippen LogP contribution is -2.43. The van der Waals surface area contributed by atoms with Crippen LogP contribution in [-0.4, -0.2) is 41.8 Å². The maximum Gasteiger partial charge on any atom is 0.191 e. The fraction of sp³-hybridized carbons (Fsp3) is 0.600. The highest BCUT2D eigenvalue weighted by Gasteiger charge is 2.33. The van der Waals surface area contributed by atoms with Crippen molar-refractivity contribution in [3.05, 3.63) is 53.6 Å². The standard InChI is InChI=1S/C25H39N5O/c1-4-26-24(29-20-25(11-6-7-12-25)13-16-31-5-2)28-18-22-9-8-10-23(17-22)19-30-15-14-27-21(30)3/h8-10,14-15,17H,4-7,11-13,16,18-20H2,1-3H3,(H2,26,28,29). The average molecular weight is 426 g/mol. The summed E-state index contributed by atoms with van der Waals surface area (Å²) in [5.41, 5.74) is 2.83. The first-order chi connectivity index (χ1) is 15.1. The molecule has 0 saturated heterocycles. The Morgan fingerprint density at radius 2 is 2.00 bits per heavy atom. The van der Waals surface area contributed by atoms with E-state index in [0.717, 1.165) is 51.1 Å². The second-order valence-corrected chi connectivity index (χ2v) is 8.63. The summed E-state index contributed by atoms with van der Waals surface area (Å²) in [6.07, 6.45) is 10.2. The van der Waals surface area contributed by atoms with Crippen LogP contribution in [0.25, 0.3) is 0 Å². The minimum absolute atomic E-state index is 0.341. The molecule has 1 aliphatic carbocycles. The molecule has 1 aliphatic rings. The van der Waals surface area contributed by atoms with Gasteiger partial charge in [-0.25, -0.2) is 9.98 Å². The number of nitrogens with zero attached hydrogens (tertiary/aromatic N) is 3. The first-order valence-electron chi connectivity index (χ1n) is 11.8. The Labute approximate surface area is 187 Å². The fourth-order valence-corrected chi connectivity index (χ4v) is 4.45. The molecule has 0 amide bonds. The molecule has 170 valence electrons. The van der Waals surface area contributed by atoms with Crippen molar-refractivity contribution < 1.29 is 4.74 Å². The number of aliphatic imine (C=N–C) groups is 1. The summed E-state index contributed by atoms with van der Waals surface area (Å²) in [6, 6.07) is 8.68. The Hall–Kier alpha value is -2.34. The average Bonchev–Trinajstić information content (AvgIpc) is 3.40. The first kappa shape index (κ1) is 23.3. The number of nitrogens with one attached hydrogen (secondary N) is 2. The second kappa shape index (κ2) is 11.9. The molecule has 0 aliphatic heterocycles. The van der Waals surface area contributed by atoms with Crippen molar-refractivity contribution in [3.8, 4) is 0 Å². The van der Waals surface area contributed by atoms with Gasteiger partial charge in [0.2, 0.25) is 0 Å². The van der Waals surface area contributed by atoms with E-state index in [1.165, 1.54) is 36.8 Å². The minimum atomic E-state index is 0.341. The maximum absolute atomic E-state index is 5.66. The van der Waals surface area contributed by atoms with Gasteiger partial charge < -0.3 is 19.9 Å². The van der Waals surface area contributed by atoms with Crippen molar-refractivity contribution in [2.75, 3.05) is 26.3 Å². The molecule has 31 heavy (non-hydrogen) atoms. The fourth-order valence-electron chi connectivity index (χ4n) is 4.45. The van der Waals surface area contributed by atoms with E-state index in [1.54, 1.807) is 0 Å². The van der Waals surface area contributed by atoms with Gasteiger partial charge in [-0.15, -0.1) is 0 Å². The van der Waals surface area contributed by atoms with E-state index in [2.05, 4.69) is 58.3 Å². The monoisotopic (exact) mass is 425 g/mol. The molecule has 1 aromatic heterocycles. The SMILES string of the molecule is CCNC(=NCc1cccc(Cn2ccnc2C)c1)NCC1(CCOCC)CCCC1. The third-order valence-corrected chi connectivity index (χ3v) is 6.31. The van der Waals surface area contributed by atoms with Crippen LogP contribution in [0.5, 0.6) is 0 Å². The maximum atomic E-state index is 5.66. The molecule has 6 nitrogen and oxygen atoms in total. The Kier molecular flexibility index (Phi) is 8.95. The van der Waals surface area contributed by atoms with Crippen molar-refractivity contribution in [1.29, 1.82) is 0 Å². The zero-order valence-corrected chi connectivity index (χ0v) is 19.5. The molecule has 1 aromatic carbocycles. The number of hydrogen-bond donors (Lipinski definition) is 2. The number of aryl methyl sites for hydroxylation is 1. The largest absolute Gasteiger partial charge is 0.382 e. The van der Waals surface area contributed by atoms with Crippen LogP contribution >= 0.6 is 0 Å². The molecular weight excluding hydrogens is 386 g/mol. The normalized spacial score (nSPS) is 15.9. The van der Waals surface area contributed by atoms with Gasteiger partial charge in [0.05, 0.1) is 6.54 Å². The Morgan fingerprint density at radius 3 is 2.71 bits per heavy atom. The van der Waals surface area contributed by atoms with Crippen LogP contribution < -0.4 is 10.6 Å². The molecule has 0 spiro atoms. The number of rotatable bonds is 11. The van der Waals surface area contributed by atoms with Crippen molar-refractivity contribution >= 4 is 5.96 Å². The van der Waals surface area contributed by atoms with Gasteiger partial charge in [-0.3, -0.25) is 0 Å². The number of guanidine groups is 1. The van der Waals surface area contributed by atoms with Crippen LogP contribution in [0.15, 0.2) is 41.7 Å². The van der Waals surface area contributed by atoms with E-state index in [1.807, 2.05) is 19.3 Å². The molecule has 0 atom stereocenters. The van der Waals surface area contributed by atoms with Gasteiger partial charge >= 0.3 is 0 Å². The summed E-state index contributed by atoms with van der Waals surface area (Å²) < 4.78 is 7.82. The Bertz CT molecular complexity index is 823. The van der Waals surface area contributed by atoms with Crippen molar-refractivity contribution in [2.45, 2.75) is 66.0 Å². The number of ether oxygens (including phenoxy) is 1. The molecule has 2 aromatic rings. The highest BCUT2D eigenvalue weighted by atomic mass is 16.5. The van der Waals surface area contributed by atoms with Gasteiger partial charge in [0, 0.05) is 45.2 Å². The van der Waals surface area contributed by atoms with Gasteiger partial charge in [0.1, 0.15) is 5.82 Å². The lowest BCUT2D eigenvalue weighted by molar-refractivity contribution is 0.105. The summed E-state index contributed by atoms with van der Waals surface area (Å²) in [7, 11) is 0. The lowest BCUT2D eigenvalue weighted by atomic mass is 9.83. The number of imidazole rings is 1. The third-order valence-electron chi connectivity index (χ3n) is 6.31. The summed E-state index contributed by atoms with van der Waals surface area (Å²) in [6.45, 7) is 11.2. The zero-order valence-electron chi connectivity index (χ0n) is 19.5. The smallest absolute Gasteiger partial charge is 0.191 e. The topological polar surface area (TPSA) is 63.5 Å². The second-order valence-electron chi connectivity index (χ2n) is 8.63. The van der Waals surface area contributed by atoms with E-state index >= 15 is 0 Å². The quantitative estimate of drug-likeness (QED) is 0.320. The van der Waals surface area contributed by atoms with Crippen LogP contribution in [0.1, 0.15) is 62.9 Å². The van der Waals surface area contributed by atoms with Gasteiger partial charge in [-0.1, -0.05) is 37.1 Å². The molecule has 2 N–H and O–H groups in total. The van der Waals surface area contributed by atoms with E-state index in [4.69, 9.17) is 9.73 Å². The summed E-state index contributed by atoms with van der Waals surface area (Å²) in [5, 5.41) is 7.05. The van der Waals surface area contributed by atoms with Crippen LogP contribution in [0.4, 0.5) is 0 Å². The molecule has 1 fully saturated rings. The van der Waals surface area contributed by atoms with E-state index in [-0.39, 0.29) is 0 Å². The van der Waals surface area contributed by atoms with E-state index in [0.29, 0.717) is 12.0 Å². The number of hydrogen-bond acceptors (Lipinski definition) is 3. The van der Waals surface area contributed by atoms with Gasteiger partial charge in [0.25, 0.3) is 0 Å². The zero-order chi connectivity index (χ0) is 21.9. The third kappa shape index (κ3) is 7.10. The predicted molar refractivity (Wildman–Crippen MR) is 127 cm³/mol. The summed E-state index contributed by atoms with van der Waals surface area (Å²) >= 11 is 0. The molecule has 0 radical (unpaired) electrons. The van der Waals surface area contributed by atoms with Gasteiger partial charge in [0.15, 0.2) is 5.96 Å². The number of benzene rings is 1. The van der Waals surface area contributed by atoms with Crippen molar-refractivity contribution in [3.63, 3.8) is 0 Å². The molecule has 1 heterocycles. The molecule has 3 rings (SSSR count). The Morgan fingerprint density at radius 1 is 1.19 bits per heavy atom. The Balaban J connectivity index is 1.60. The van der Waals surface area contributed by atoms with Crippen LogP contribution in [0, 0.1) is 12.3 Å². The van der Waals surface area contributed by atoms with E-state index < -0.39 is 0 Å². The minimum Gasteiger partial charge on any atom is -0.382 e. The molecule has 0 unspecified atom stereocenters. The van der Waals surface area contributed by atoms with Gasteiger partial charge in [-0.2, -0.15) is 0 Å². The summed E-state index contributed by atoms with van der Waals surface area (Å²) in [4.78, 5) is 9.19. The van der Waals surface area contributed by atoms with Crippen molar-refractivity contribution in [2.24, 2.45) is 10.4 Å². The van der Waals surface area contributed by atoms with Gasteiger partial charge in [-0.05, 0) is 56.6 Å². The highest BCUT2D eigenvalue weighted by Crippen LogP contribution is 2.40. The van der Waals surface area contributed by atoms with Crippen LogP contribution in [-0.2, 0) is 17.8 Å². The lowest BCUT2D eigenvalue weighted by Gasteiger charge is -2.30.